The van der Waals surface area contributed by atoms with Gasteiger partial charge in [0.1, 0.15) is 0 Å². The standard InChI is InChI=1S/C19H14F6N2/c20-18(21,22)16-7-3-13(4-8-16)1-2-15(12-27-26)11-14-5-9-17(10-6-14)19(23,24)25/h1-12H,26H2. The van der Waals surface area contributed by atoms with Crippen molar-refractivity contribution in [2.75, 3.05) is 0 Å². The molecule has 0 amide bonds. The highest BCUT2D eigenvalue weighted by molar-refractivity contribution is 5.90. The maximum atomic E-state index is 12.6. The molecule has 0 aliphatic carbocycles. The zero-order valence-electron chi connectivity index (χ0n) is 13.7. The molecule has 142 valence electrons. The van der Waals surface area contributed by atoms with Gasteiger partial charge in [0.2, 0.25) is 0 Å². The minimum Gasteiger partial charge on any atom is -0.323 e. The Labute approximate surface area is 151 Å². The van der Waals surface area contributed by atoms with Crippen LogP contribution in [0.1, 0.15) is 22.3 Å². The highest BCUT2D eigenvalue weighted by atomic mass is 19.4. The first-order valence-electron chi connectivity index (χ1n) is 7.57. The summed E-state index contributed by atoms with van der Waals surface area (Å²) >= 11 is 0. The van der Waals surface area contributed by atoms with Crippen LogP contribution < -0.4 is 5.84 Å². The third-order valence-corrected chi connectivity index (χ3v) is 3.50. The number of hydrazone groups is 1. The second-order valence-electron chi connectivity index (χ2n) is 5.50. The van der Waals surface area contributed by atoms with Gasteiger partial charge < -0.3 is 5.84 Å². The van der Waals surface area contributed by atoms with Gasteiger partial charge in [-0.25, -0.2) is 0 Å². The van der Waals surface area contributed by atoms with Crippen molar-refractivity contribution in [3.63, 3.8) is 0 Å². The fourth-order valence-corrected chi connectivity index (χ4v) is 2.15. The summed E-state index contributed by atoms with van der Waals surface area (Å²) in [5.41, 5.74) is -0.0865. The summed E-state index contributed by atoms with van der Waals surface area (Å²) in [5.74, 6) is 5.12. The molecule has 0 aliphatic rings. The van der Waals surface area contributed by atoms with E-state index in [-0.39, 0.29) is 0 Å². The highest BCUT2D eigenvalue weighted by Gasteiger charge is 2.30. The van der Waals surface area contributed by atoms with Crippen LogP contribution in [0.2, 0.25) is 0 Å². The summed E-state index contributed by atoms with van der Waals surface area (Å²) in [5, 5.41) is 3.37. The van der Waals surface area contributed by atoms with Gasteiger partial charge >= 0.3 is 12.4 Å². The van der Waals surface area contributed by atoms with Crippen molar-refractivity contribution in [2.45, 2.75) is 12.4 Å². The average molecular weight is 384 g/mol. The molecule has 0 saturated heterocycles. The first-order chi connectivity index (χ1) is 12.6. The van der Waals surface area contributed by atoms with Crippen LogP contribution in [0.25, 0.3) is 12.2 Å². The quantitative estimate of drug-likeness (QED) is 0.235. The second-order valence-corrected chi connectivity index (χ2v) is 5.50. The minimum absolute atomic E-state index is 0.456. The zero-order chi connectivity index (χ0) is 20.1. The number of hydrogen-bond donors (Lipinski definition) is 1. The summed E-state index contributed by atoms with van der Waals surface area (Å²) in [7, 11) is 0. The van der Waals surface area contributed by atoms with Crippen molar-refractivity contribution in [2.24, 2.45) is 10.9 Å². The molecule has 0 spiro atoms. The van der Waals surface area contributed by atoms with E-state index in [0.29, 0.717) is 16.7 Å². The molecule has 0 atom stereocenters. The largest absolute Gasteiger partial charge is 0.416 e. The molecule has 2 rings (SSSR count). The second kappa shape index (κ2) is 8.11. The van der Waals surface area contributed by atoms with E-state index < -0.39 is 23.5 Å². The molecule has 27 heavy (non-hydrogen) atoms. The number of nitrogens with two attached hydrogens (primary N) is 1. The fraction of sp³-hybridized carbons (Fsp3) is 0.105. The maximum Gasteiger partial charge on any atom is 0.416 e. The SMILES string of the molecule is NN=CC(C=Cc1ccc(C(F)(F)F)cc1)=Cc1ccc(C(F)(F)F)cc1. The van der Waals surface area contributed by atoms with Crippen molar-refractivity contribution < 1.29 is 26.3 Å². The Morgan fingerprint density at radius 2 is 1.19 bits per heavy atom. The lowest BCUT2D eigenvalue weighted by Crippen LogP contribution is -2.04. The monoisotopic (exact) mass is 384 g/mol. The van der Waals surface area contributed by atoms with Crippen molar-refractivity contribution >= 4 is 18.4 Å². The molecule has 0 aliphatic heterocycles. The van der Waals surface area contributed by atoms with E-state index in [1.54, 1.807) is 0 Å². The fourth-order valence-electron chi connectivity index (χ4n) is 2.15. The van der Waals surface area contributed by atoms with Crippen molar-refractivity contribution in [1.82, 2.24) is 0 Å². The van der Waals surface area contributed by atoms with Crippen LogP contribution in [0.3, 0.4) is 0 Å². The maximum absolute atomic E-state index is 12.6. The Hall–Kier alpha value is -3.03. The summed E-state index contributed by atoms with van der Waals surface area (Å²) in [6.07, 6.45) is -2.95. The van der Waals surface area contributed by atoms with Gasteiger partial charge in [0.25, 0.3) is 0 Å². The van der Waals surface area contributed by atoms with Crippen LogP contribution >= 0.6 is 0 Å². The molecule has 8 heteroatoms. The summed E-state index contributed by atoms with van der Waals surface area (Å²) < 4.78 is 75.4. The molecule has 0 radical (unpaired) electrons. The molecule has 2 aromatic rings. The van der Waals surface area contributed by atoms with E-state index in [0.717, 1.165) is 24.3 Å². The van der Waals surface area contributed by atoms with Gasteiger partial charge in [-0.2, -0.15) is 31.4 Å². The molecule has 0 fully saturated rings. The smallest absolute Gasteiger partial charge is 0.323 e. The number of hydrogen-bond acceptors (Lipinski definition) is 2. The molecule has 2 aromatic carbocycles. The van der Waals surface area contributed by atoms with Crippen molar-refractivity contribution in [1.29, 1.82) is 0 Å². The van der Waals surface area contributed by atoms with Gasteiger partial charge in [-0.15, -0.1) is 0 Å². The zero-order valence-corrected chi connectivity index (χ0v) is 13.7. The Bertz CT molecular complexity index is 842. The molecular formula is C19H14F6N2. The first-order valence-corrected chi connectivity index (χ1v) is 7.57. The van der Waals surface area contributed by atoms with Gasteiger partial charge in [0.15, 0.2) is 0 Å². The summed E-state index contributed by atoms with van der Waals surface area (Å²) in [6.45, 7) is 0. The molecule has 0 unspecified atom stereocenters. The van der Waals surface area contributed by atoms with Crippen molar-refractivity contribution in [3.05, 3.63) is 82.4 Å². The highest BCUT2D eigenvalue weighted by Crippen LogP contribution is 2.30. The van der Waals surface area contributed by atoms with Gasteiger partial charge in [-0.05, 0) is 47.0 Å². The molecule has 0 saturated carbocycles. The minimum atomic E-state index is -4.42. The number of rotatable bonds is 4. The summed E-state index contributed by atoms with van der Waals surface area (Å²) in [4.78, 5) is 0. The molecule has 2 nitrogen and oxygen atoms in total. The van der Waals surface area contributed by atoms with Gasteiger partial charge in [0.05, 0.1) is 17.3 Å². The van der Waals surface area contributed by atoms with Crippen LogP contribution in [0.15, 0.2) is 65.3 Å². The Morgan fingerprint density at radius 3 is 1.59 bits per heavy atom. The van der Waals surface area contributed by atoms with E-state index in [4.69, 9.17) is 5.84 Å². The lowest BCUT2D eigenvalue weighted by atomic mass is 10.1. The Morgan fingerprint density at radius 1 is 0.741 bits per heavy atom. The Kier molecular flexibility index (Phi) is 6.09. The van der Waals surface area contributed by atoms with E-state index in [2.05, 4.69) is 5.10 Å². The van der Waals surface area contributed by atoms with Crippen LogP contribution in [0, 0.1) is 0 Å². The van der Waals surface area contributed by atoms with Crippen LogP contribution in [0.5, 0.6) is 0 Å². The van der Waals surface area contributed by atoms with Crippen LogP contribution in [0.4, 0.5) is 26.3 Å². The van der Waals surface area contributed by atoms with Crippen molar-refractivity contribution in [3.8, 4) is 0 Å². The number of alkyl halides is 6. The number of nitrogens with zero attached hydrogens (tertiary/aromatic N) is 1. The summed E-state index contributed by atoms with van der Waals surface area (Å²) in [6, 6.07) is 8.98. The molecule has 0 bridgehead atoms. The third-order valence-electron chi connectivity index (χ3n) is 3.50. The van der Waals surface area contributed by atoms with E-state index >= 15 is 0 Å². The molecule has 0 heterocycles. The average Bonchev–Trinajstić information content (AvgIpc) is 2.59. The lowest BCUT2D eigenvalue weighted by Gasteiger charge is -2.06. The normalized spacial score (nSPS) is 13.6. The number of allylic oxidation sites excluding steroid dienone is 2. The van der Waals surface area contributed by atoms with Gasteiger partial charge in [-0.3, -0.25) is 0 Å². The predicted molar refractivity (Wildman–Crippen MR) is 92.6 cm³/mol. The third kappa shape index (κ3) is 6.02. The lowest BCUT2D eigenvalue weighted by molar-refractivity contribution is -0.138. The number of halogens is 6. The van der Waals surface area contributed by atoms with E-state index in [9.17, 15) is 26.3 Å². The van der Waals surface area contributed by atoms with Crippen LogP contribution in [-0.2, 0) is 12.4 Å². The van der Waals surface area contributed by atoms with Crippen LogP contribution in [-0.4, -0.2) is 6.21 Å². The van der Waals surface area contributed by atoms with E-state index in [1.807, 2.05) is 0 Å². The molecular weight excluding hydrogens is 370 g/mol. The topological polar surface area (TPSA) is 38.4 Å². The first kappa shape index (κ1) is 20.3. The molecule has 0 aromatic heterocycles. The van der Waals surface area contributed by atoms with Gasteiger partial charge in [-0.1, -0.05) is 36.4 Å². The van der Waals surface area contributed by atoms with Gasteiger partial charge in [0, 0.05) is 0 Å². The Balaban J connectivity index is 2.22. The number of benzene rings is 2. The van der Waals surface area contributed by atoms with E-state index in [1.165, 1.54) is 48.7 Å². The predicted octanol–water partition coefficient (Wildman–Crippen LogP) is 5.77. The molecule has 2 N–H and O–H groups in total.